The zero-order chi connectivity index (χ0) is 18.6. The Kier molecular flexibility index (Phi) is 23.4. The Morgan fingerprint density at radius 1 is 1.04 bits per heavy atom. The molecule has 0 heterocycles. The molecule has 0 bridgehead atoms. The molecule has 1 aromatic rings. The molecule has 0 amide bonds. The van der Waals surface area contributed by atoms with Gasteiger partial charge in [0.25, 0.3) is 0 Å². The summed E-state index contributed by atoms with van der Waals surface area (Å²) in [6, 6.07) is 10.9. The van der Waals surface area contributed by atoms with Crippen LogP contribution in [0.5, 0.6) is 0 Å². The fraction of sp³-hybridized carbons (Fsp3) is 0.500. The summed E-state index contributed by atoms with van der Waals surface area (Å²) in [6.45, 7) is 18.2. The van der Waals surface area contributed by atoms with Crippen molar-refractivity contribution in [2.24, 2.45) is 5.92 Å². The SMILES string of the molecule is CC(C)(C)[NH-].CC1=[C-]C(C)C(C)=C1C.Cc1[c-]cccc1.Cl.Cl.[SiH2]=[Zr]. The molecule has 1 nitrogen and oxygen atoms in total. The number of aryl methyl sites for hydroxylation is 1. The van der Waals surface area contributed by atoms with E-state index < -0.39 is 0 Å². The normalized spacial score (nSPS) is 14.7. The second kappa shape index (κ2) is 17.7. The van der Waals surface area contributed by atoms with E-state index in [1.807, 2.05) is 58.8 Å². The van der Waals surface area contributed by atoms with Crippen molar-refractivity contribution in [3.05, 3.63) is 64.4 Å². The van der Waals surface area contributed by atoms with Crippen LogP contribution in [0.1, 0.15) is 54.0 Å². The van der Waals surface area contributed by atoms with Gasteiger partial charge in [0.15, 0.2) is 0 Å². The van der Waals surface area contributed by atoms with E-state index in [4.69, 9.17) is 5.73 Å². The molecule has 1 atom stereocenters. The molecule has 144 valence electrons. The summed E-state index contributed by atoms with van der Waals surface area (Å²) in [6.07, 6.45) is 3.36. The Balaban J connectivity index is -0.000000125. The van der Waals surface area contributed by atoms with Gasteiger partial charge < -0.3 is 5.73 Å². The van der Waals surface area contributed by atoms with E-state index >= 15 is 0 Å². The monoisotopic (exact) mass is 476 g/mol. The van der Waals surface area contributed by atoms with Crippen molar-refractivity contribution in [1.82, 2.24) is 0 Å². The topological polar surface area (TPSA) is 23.8 Å². The first-order valence-electron chi connectivity index (χ1n) is 7.84. The first kappa shape index (κ1) is 33.0. The van der Waals surface area contributed by atoms with Crippen LogP contribution in [-0.4, -0.2) is 12.4 Å². The number of hydrogen-bond donors (Lipinski definition) is 0. The summed E-state index contributed by atoms with van der Waals surface area (Å²) in [5, 5.41) is 0. The minimum absolute atomic E-state index is 0. The van der Waals surface area contributed by atoms with Crippen molar-refractivity contribution in [1.29, 1.82) is 0 Å². The van der Waals surface area contributed by atoms with Gasteiger partial charge >= 0.3 is 30.2 Å². The summed E-state index contributed by atoms with van der Waals surface area (Å²) < 4.78 is 0. The van der Waals surface area contributed by atoms with E-state index in [0.29, 0.717) is 5.92 Å². The second-order valence-corrected chi connectivity index (χ2v) is 6.59. The molecule has 1 aromatic carbocycles. The van der Waals surface area contributed by atoms with Crippen LogP contribution in [0.25, 0.3) is 5.73 Å². The van der Waals surface area contributed by atoms with Gasteiger partial charge in [-0.05, 0) is 0 Å². The third-order valence-corrected chi connectivity index (χ3v) is 3.10. The molecule has 0 fully saturated rings. The maximum absolute atomic E-state index is 6.94. The van der Waals surface area contributed by atoms with Crippen molar-refractivity contribution < 1.29 is 23.3 Å². The fourth-order valence-corrected chi connectivity index (χ4v) is 1.64. The number of rotatable bonds is 0. The Hall–Kier alpha value is 0.340. The molecule has 0 saturated carbocycles. The van der Waals surface area contributed by atoms with E-state index in [-0.39, 0.29) is 30.4 Å². The van der Waals surface area contributed by atoms with Crippen LogP contribution >= 0.6 is 24.8 Å². The van der Waals surface area contributed by atoms with Gasteiger partial charge in [-0.25, -0.2) is 5.57 Å². The predicted octanol–water partition coefficient (Wildman–Crippen LogP) is 6.28. The summed E-state index contributed by atoms with van der Waals surface area (Å²) in [7, 11) is 0. The van der Waals surface area contributed by atoms with Crippen molar-refractivity contribution in [3.63, 3.8) is 0 Å². The molecule has 1 N–H and O–H groups in total. The molecule has 0 saturated heterocycles. The van der Waals surface area contributed by atoms with Crippen molar-refractivity contribution in [2.75, 3.05) is 0 Å². The van der Waals surface area contributed by atoms with Crippen LogP contribution in [0.2, 0.25) is 0 Å². The standard InChI is InChI=1S/C9H13.C7H7.C4H10N.2ClH.H2Si.Zr/c1-6-5-7(2)9(4)8(6)3;1-7-5-3-2-4-6-7;1-4(2,3)5;;;;/h6H,1-4H3;2-5H,1H3;5H,1-3H3;2*1H;1H2;/q3*-1;;;;. The van der Waals surface area contributed by atoms with Crippen LogP contribution in [0.15, 0.2) is 41.0 Å². The van der Waals surface area contributed by atoms with E-state index in [9.17, 15) is 0 Å². The first-order chi connectivity index (χ1) is 10.5. The van der Waals surface area contributed by atoms with Crippen molar-refractivity contribution in [2.45, 2.75) is 60.9 Å². The quantitative estimate of drug-likeness (QED) is 0.310. The fourth-order valence-electron chi connectivity index (χ4n) is 1.64. The number of halogens is 2. The molecule has 1 unspecified atom stereocenters. The maximum atomic E-state index is 6.94. The van der Waals surface area contributed by atoms with E-state index in [2.05, 4.69) is 39.8 Å². The average molecular weight is 479 g/mol. The number of nitrogens with one attached hydrogen (secondary N) is 1. The van der Waals surface area contributed by atoms with Gasteiger partial charge in [0, 0.05) is 0 Å². The van der Waals surface area contributed by atoms with Crippen LogP contribution in [0, 0.1) is 25.0 Å². The number of benzene rings is 1. The van der Waals surface area contributed by atoms with Gasteiger partial charge in [-0.2, -0.15) is 47.0 Å². The van der Waals surface area contributed by atoms with Crippen molar-refractivity contribution in [3.8, 4) is 0 Å². The Labute approximate surface area is 185 Å². The Morgan fingerprint density at radius 2 is 1.48 bits per heavy atom. The number of allylic oxidation sites excluding steroid dienone is 4. The Morgan fingerprint density at radius 3 is 1.60 bits per heavy atom. The second-order valence-electron chi connectivity index (χ2n) is 6.59. The summed E-state index contributed by atoms with van der Waals surface area (Å²) in [5.74, 6) is 0.560. The molecule has 0 aromatic heterocycles. The molecule has 0 spiro atoms. The molecule has 1 aliphatic rings. The zero-order valence-electron chi connectivity index (χ0n) is 16.9. The third-order valence-electron chi connectivity index (χ3n) is 3.10. The van der Waals surface area contributed by atoms with Gasteiger partial charge in [-0.3, -0.25) is 6.08 Å². The molecule has 5 heteroatoms. The molecular formula is C20H34Cl2NSiZr-3. The Bertz CT molecular complexity index is 502. The molecule has 25 heavy (non-hydrogen) atoms. The minimum atomic E-state index is -0.250. The predicted molar refractivity (Wildman–Crippen MR) is 117 cm³/mol. The zero-order valence-corrected chi connectivity index (χ0v) is 22.4. The van der Waals surface area contributed by atoms with Crippen LogP contribution in [0.4, 0.5) is 0 Å². The molecule has 0 aliphatic heterocycles. The molecule has 0 radical (unpaired) electrons. The average Bonchev–Trinajstić information content (AvgIpc) is 2.67. The van der Waals surface area contributed by atoms with E-state index in [1.165, 1.54) is 22.3 Å². The summed E-state index contributed by atoms with van der Waals surface area (Å²) in [4.78, 5) is 0. The van der Waals surface area contributed by atoms with Gasteiger partial charge in [0.2, 0.25) is 0 Å². The molecule has 2 rings (SSSR count). The molecular weight excluding hydrogens is 444 g/mol. The third kappa shape index (κ3) is 20.5. The van der Waals surface area contributed by atoms with Gasteiger partial charge in [-0.1, -0.05) is 54.4 Å². The van der Waals surface area contributed by atoms with Crippen molar-refractivity contribution >= 4 is 31.7 Å². The van der Waals surface area contributed by atoms with E-state index in [0.717, 1.165) is 0 Å². The van der Waals surface area contributed by atoms with E-state index in [1.54, 1.807) is 23.3 Å². The summed E-state index contributed by atoms with van der Waals surface area (Å²) in [5.41, 5.74) is 12.1. The first-order valence-corrected chi connectivity index (χ1v) is 13.8. The van der Waals surface area contributed by atoms with Crippen LogP contribution < -0.4 is 0 Å². The van der Waals surface area contributed by atoms with Gasteiger partial charge in [0.1, 0.15) is 0 Å². The molecule has 1 aliphatic carbocycles. The van der Waals surface area contributed by atoms with Gasteiger partial charge in [0.05, 0.1) is 0 Å². The number of hydrogen-bond acceptors (Lipinski definition) is 0. The van der Waals surface area contributed by atoms with Gasteiger partial charge in [-0.15, -0.1) is 37.3 Å². The summed E-state index contributed by atoms with van der Waals surface area (Å²) >= 11 is 1.58. The van der Waals surface area contributed by atoms with Crippen LogP contribution in [0.3, 0.4) is 0 Å². The van der Waals surface area contributed by atoms with Crippen LogP contribution in [-0.2, 0) is 23.3 Å².